The zero-order valence-electron chi connectivity index (χ0n) is 14.9. The van der Waals surface area contributed by atoms with Gasteiger partial charge in [-0.3, -0.25) is 9.69 Å². The summed E-state index contributed by atoms with van der Waals surface area (Å²) in [4.78, 5) is 27.6. The number of Topliss-reactive ketones (excluding diaryl/α,β-unsaturated/α-hetero) is 1. The number of rotatable bonds is 6. The first-order valence-electron chi connectivity index (χ1n) is 8.69. The molecule has 132 valence electrons. The van der Waals surface area contributed by atoms with E-state index in [0.717, 1.165) is 50.1 Å². The van der Waals surface area contributed by atoms with Crippen LogP contribution in [0.3, 0.4) is 0 Å². The number of carbonyl (C=O) groups excluding carboxylic acids is 1. The van der Waals surface area contributed by atoms with E-state index in [1.807, 2.05) is 61.6 Å². The molecule has 0 aliphatic carbocycles. The maximum atomic E-state index is 12.2. The molecule has 1 saturated heterocycles. The van der Waals surface area contributed by atoms with Gasteiger partial charge in [-0.05, 0) is 6.07 Å². The standard InChI is InChI=1S/C19H25N5O/c1-22(2)19-20-10-8-18(21-19)24-14-12-23(13-15-24)11-9-17(25)16-6-4-3-5-7-16/h3-8,10H,9,11-15H2,1-2H3. The van der Waals surface area contributed by atoms with Gasteiger partial charge < -0.3 is 9.80 Å². The predicted octanol–water partition coefficient (Wildman–Crippen LogP) is 1.94. The Kier molecular flexibility index (Phi) is 5.60. The van der Waals surface area contributed by atoms with Crippen molar-refractivity contribution >= 4 is 17.5 Å². The topological polar surface area (TPSA) is 52.6 Å². The quantitative estimate of drug-likeness (QED) is 0.750. The molecule has 1 fully saturated rings. The minimum absolute atomic E-state index is 0.217. The van der Waals surface area contributed by atoms with Crippen LogP contribution in [-0.4, -0.2) is 67.5 Å². The molecule has 1 aliphatic rings. The van der Waals surface area contributed by atoms with Gasteiger partial charge in [-0.15, -0.1) is 0 Å². The minimum atomic E-state index is 0.217. The van der Waals surface area contributed by atoms with Gasteiger partial charge in [0.05, 0.1) is 0 Å². The van der Waals surface area contributed by atoms with Gasteiger partial charge in [0.1, 0.15) is 5.82 Å². The molecular weight excluding hydrogens is 314 g/mol. The maximum Gasteiger partial charge on any atom is 0.226 e. The van der Waals surface area contributed by atoms with Gasteiger partial charge in [-0.2, -0.15) is 4.98 Å². The monoisotopic (exact) mass is 339 g/mol. The molecule has 25 heavy (non-hydrogen) atoms. The van der Waals surface area contributed by atoms with Crippen LogP contribution in [0.15, 0.2) is 42.6 Å². The van der Waals surface area contributed by atoms with E-state index < -0.39 is 0 Å². The molecule has 0 atom stereocenters. The van der Waals surface area contributed by atoms with E-state index in [0.29, 0.717) is 6.42 Å². The Morgan fingerprint density at radius 2 is 1.80 bits per heavy atom. The molecule has 0 N–H and O–H groups in total. The molecule has 3 rings (SSSR count). The van der Waals surface area contributed by atoms with Gasteiger partial charge in [-0.1, -0.05) is 30.3 Å². The largest absolute Gasteiger partial charge is 0.354 e. The SMILES string of the molecule is CN(C)c1nccc(N2CCN(CCC(=O)c3ccccc3)CC2)n1. The Morgan fingerprint density at radius 1 is 1.08 bits per heavy atom. The van der Waals surface area contributed by atoms with Crippen molar-refractivity contribution in [3.63, 3.8) is 0 Å². The van der Waals surface area contributed by atoms with Crippen LogP contribution >= 0.6 is 0 Å². The number of carbonyl (C=O) groups is 1. The number of aromatic nitrogens is 2. The van der Waals surface area contributed by atoms with E-state index in [1.54, 1.807) is 0 Å². The molecule has 1 aromatic heterocycles. The summed E-state index contributed by atoms with van der Waals surface area (Å²) < 4.78 is 0. The molecule has 0 unspecified atom stereocenters. The number of hydrogen-bond acceptors (Lipinski definition) is 6. The molecular formula is C19H25N5O. The third kappa shape index (κ3) is 4.54. The molecule has 0 saturated carbocycles. The molecule has 1 aromatic carbocycles. The lowest BCUT2D eigenvalue weighted by Crippen LogP contribution is -2.47. The molecule has 6 nitrogen and oxygen atoms in total. The average molecular weight is 339 g/mol. The summed E-state index contributed by atoms with van der Waals surface area (Å²) in [7, 11) is 3.89. The normalized spacial score (nSPS) is 15.2. The van der Waals surface area contributed by atoms with Gasteiger partial charge in [-0.25, -0.2) is 4.98 Å². The lowest BCUT2D eigenvalue weighted by Gasteiger charge is -2.35. The molecule has 0 amide bonds. The molecule has 2 heterocycles. The predicted molar refractivity (Wildman–Crippen MR) is 100 cm³/mol. The van der Waals surface area contributed by atoms with Crippen molar-refractivity contribution in [3.05, 3.63) is 48.2 Å². The summed E-state index contributed by atoms with van der Waals surface area (Å²) in [6, 6.07) is 11.5. The Hall–Kier alpha value is -2.47. The molecule has 2 aromatic rings. The molecule has 1 aliphatic heterocycles. The number of piperazine rings is 1. The second-order valence-corrected chi connectivity index (χ2v) is 6.48. The highest BCUT2D eigenvalue weighted by molar-refractivity contribution is 5.96. The van der Waals surface area contributed by atoms with Crippen LogP contribution < -0.4 is 9.80 Å². The first-order valence-corrected chi connectivity index (χ1v) is 8.69. The second kappa shape index (κ2) is 8.07. The fraction of sp³-hybridized carbons (Fsp3) is 0.421. The Morgan fingerprint density at radius 3 is 2.48 bits per heavy atom. The zero-order chi connectivity index (χ0) is 17.6. The molecule has 0 spiro atoms. The van der Waals surface area contributed by atoms with Crippen LogP contribution in [-0.2, 0) is 0 Å². The van der Waals surface area contributed by atoms with E-state index in [1.165, 1.54) is 0 Å². The highest BCUT2D eigenvalue weighted by Crippen LogP contribution is 2.16. The van der Waals surface area contributed by atoms with Gasteiger partial charge in [0.15, 0.2) is 5.78 Å². The van der Waals surface area contributed by atoms with Crippen molar-refractivity contribution in [2.75, 3.05) is 56.6 Å². The number of anilines is 2. The third-order valence-corrected chi connectivity index (χ3v) is 4.48. The summed E-state index contributed by atoms with van der Waals surface area (Å²) in [5.74, 6) is 1.92. The van der Waals surface area contributed by atoms with Gasteiger partial charge in [0.25, 0.3) is 0 Å². The Balaban J connectivity index is 1.49. The van der Waals surface area contributed by atoms with E-state index in [9.17, 15) is 4.79 Å². The fourth-order valence-electron chi connectivity index (χ4n) is 2.96. The Labute approximate surface area is 149 Å². The summed E-state index contributed by atoms with van der Waals surface area (Å²) in [5, 5.41) is 0. The van der Waals surface area contributed by atoms with Crippen molar-refractivity contribution in [2.24, 2.45) is 0 Å². The van der Waals surface area contributed by atoms with Crippen molar-refractivity contribution in [1.82, 2.24) is 14.9 Å². The lowest BCUT2D eigenvalue weighted by molar-refractivity contribution is 0.0962. The van der Waals surface area contributed by atoms with Crippen LogP contribution in [0.25, 0.3) is 0 Å². The summed E-state index contributed by atoms with van der Waals surface area (Å²) in [6.07, 6.45) is 2.38. The van der Waals surface area contributed by atoms with Crippen LogP contribution in [0, 0.1) is 0 Å². The van der Waals surface area contributed by atoms with Crippen LogP contribution in [0.5, 0.6) is 0 Å². The highest BCUT2D eigenvalue weighted by Gasteiger charge is 2.19. The van der Waals surface area contributed by atoms with Gasteiger partial charge >= 0.3 is 0 Å². The van der Waals surface area contributed by atoms with E-state index in [4.69, 9.17) is 0 Å². The number of ketones is 1. The van der Waals surface area contributed by atoms with E-state index in [-0.39, 0.29) is 5.78 Å². The summed E-state index contributed by atoms with van der Waals surface area (Å²) >= 11 is 0. The van der Waals surface area contributed by atoms with Gasteiger partial charge in [0.2, 0.25) is 5.95 Å². The van der Waals surface area contributed by atoms with Crippen LogP contribution in [0.4, 0.5) is 11.8 Å². The maximum absolute atomic E-state index is 12.2. The second-order valence-electron chi connectivity index (χ2n) is 6.48. The van der Waals surface area contributed by atoms with Crippen LogP contribution in [0.2, 0.25) is 0 Å². The molecule has 0 bridgehead atoms. The molecule has 0 radical (unpaired) electrons. The minimum Gasteiger partial charge on any atom is -0.354 e. The van der Waals surface area contributed by atoms with Crippen LogP contribution in [0.1, 0.15) is 16.8 Å². The van der Waals surface area contributed by atoms with E-state index >= 15 is 0 Å². The fourth-order valence-corrected chi connectivity index (χ4v) is 2.96. The van der Waals surface area contributed by atoms with Crippen molar-refractivity contribution in [2.45, 2.75) is 6.42 Å². The Bertz CT molecular complexity index is 696. The number of nitrogens with zero attached hydrogens (tertiary/aromatic N) is 5. The first kappa shape index (κ1) is 17.4. The zero-order valence-corrected chi connectivity index (χ0v) is 14.9. The highest BCUT2D eigenvalue weighted by atomic mass is 16.1. The lowest BCUT2D eigenvalue weighted by atomic mass is 10.1. The van der Waals surface area contributed by atoms with Crippen molar-refractivity contribution < 1.29 is 4.79 Å². The summed E-state index contributed by atoms with van der Waals surface area (Å²) in [6.45, 7) is 4.55. The smallest absolute Gasteiger partial charge is 0.226 e. The number of hydrogen-bond donors (Lipinski definition) is 0. The van der Waals surface area contributed by atoms with Crippen molar-refractivity contribution in [1.29, 1.82) is 0 Å². The third-order valence-electron chi connectivity index (χ3n) is 4.48. The number of benzene rings is 1. The molecule has 6 heteroatoms. The summed E-state index contributed by atoms with van der Waals surface area (Å²) in [5.41, 5.74) is 0.804. The average Bonchev–Trinajstić information content (AvgIpc) is 2.67. The van der Waals surface area contributed by atoms with Crippen molar-refractivity contribution in [3.8, 4) is 0 Å². The van der Waals surface area contributed by atoms with Gasteiger partial charge in [0, 0.05) is 65.0 Å². The first-order chi connectivity index (χ1) is 12.1. The van der Waals surface area contributed by atoms with E-state index in [2.05, 4.69) is 19.8 Å².